The second kappa shape index (κ2) is 6.27. The van der Waals surface area contributed by atoms with E-state index >= 15 is 0 Å². The van der Waals surface area contributed by atoms with E-state index in [0.29, 0.717) is 6.54 Å². The van der Waals surface area contributed by atoms with Gasteiger partial charge in [-0.15, -0.1) is 0 Å². The molecule has 110 valence electrons. The predicted octanol–water partition coefficient (Wildman–Crippen LogP) is 1.99. The summed E-state index contributed by atoms with van der Waals surface area (Å²) in [4.78, 5) is 14.1. The maximum atomic E-state index is 12.2. The van der Waals surface area contributed by atoms with Crippen molar-refractivity contribution in [3.63, 3.8) is 0 Å². The third-order valence-electron chi connectivity index (χ3n) is 3.85. The van der Waals surface area contributed by atoms with Gasteiger partial charge in [-0.05, 0) is 24.1 Å². The molecule has 2 unspecified atom stereocenters. The molecule has 2 rings (SSSR count). The largest absolute Gasteiger partial charge is 0.497 e. The molecular weight excluding hydrogens is 252 g/mol. The van der Waals surface area contributed by atoms with Crippen LogP contribution in [0.3, 0.4) is 0 Å². The van der Waals surface area contributed by atoms with Crippen LogP contribution in [0.4, 0.5) is 0 Å². The van der Waals surface area contributed by atoms with Crippen LogP contribution >= 0.6 is 0 Å². The first-order chi connectivity index (χ1) is 9.51. The van der Waals surface area contributed by atoms with E-state index < -0.39 is 0 Å². The molecule has 1 aromatic rings. The second-order valence-corrected chi connectivity index (χ2v) is 5.87. The molecule has 1 saturated heterocycles. The summed E-state index contributed by atoms with van der Waals surface area (Å²) in [5.74, 6) is 1.35. The van der Waals surface area contributed by atoms with Crippen LogP contribution in [0.15, 0.2) is 24.3 Å². The Morgan fingerprint density at radius 1 is 1.40 bits per heavy atom. The molecule has 1 heterocycles. The fourth-order valence-corrected chi connectivity index (χ4v) is 2.82. The number of benzene rings is 1. The van der Waals surface area contributed by atoms with Crippen LogP contribution in [0.2, 0.25) is 0 Å². The molecule has 2 atom stereocenters. The molecule has 1 aliphatic rings. The van der Waals surface area contributed by atoms with Crippen molar-refractivity contribution in [2.24, 2.45) is 11.7 Å². The van der Waals surface area contributed by atoms with Crippen LogP contribution < -0.4 is 10.5 Å². The molecule has 0 radical (unpaired) electrons. The Hall–Kier alpha value is -1.55. The average Bonchev–Trinajstić information content (AvgIpc) is 2.45. The zero-order chi connectivity index (χ0) is 14.7. The molecule has 1 aromatic carbocycles. The van der Waals surface area contributed by atoms with Crippen molar-refractivity contribution in [1.82, 2.24) is 4.90 Å². The van der Waals surface area contributed by atoms with Crippen molar-refractivity contribution < 1.29 is 9.53 Å². The van der Waals surface area contributed by atoms with Gasteiger partial charge in [0.1, 0.15) is 5.75 Å². The first-order valence-electron chi connectivity index (χ1n) is 7.19. The Kier molecular flexibility index (Phi) is 4.65. The Balaban J connectivity index is 2.16. The van der Waals surface area contributed by atoms with Crippen molar-refractivity contribution in [3.8, 4) is 5.75 Å². The number of nitrogens with zero attached hydrogens (tertiary/aromatic N) is 1. The van der Waals surface area contributed by atoms with Gasteiger partial charge in [0, 0.05) is 31.0 Å². The van der Waals surface area contributed by atoms with E-state index in [1.807, 2.05) is 36.9 Å². The number of amides is 1. The van der Waals surface area contributed by atoms with Gasteiger partial charge in [-0.3, -0.25) is 4.79 Å². The van der Waals surface area contributed by atoms with Crippen LogP contribution in [0.25, 0.3) is 0 Å². The van der Waals surface area contributed by atoms with Gasteiger partial charge in [-0.1, -0.05) is 26.0 Å². The molecule has 0 saturated carbocycles. The summed E-state index contributed by atoms with van der Waals surface area (Å²) in [6.07, 6.45) is 0.912. The third-order valence-corrected chi connectivity index (χ3v) is 3.85. The summed E-state index contributed by atoms with van der Waals surface area (Å²) >= 11 is 0. The minimum absolute atomic E-state index is 0.0197. The number of ether oxygens (including phenoxy) is 1. The van der Waals surface area contributed by atoms with Crippen LogP contribution in [-0.4, -0.2) is 37.0 Å². The summed E-state index contributed by atoms with van der Waals surface area (Å²) in [6, 6.07) is 8.10. The lowest BCUT2D eigenvalue weighted by atomic mass is 9.88. The topological polar surface area (TPSA) is 55.6 Å². The summed E-state index contributed by atoms with van der Waals surface area (Å²) < 4.78 is 5.27. The highest BCUT2D eigenvalue weighted by molar-refractivity contribution is 5.78. The summed E-state index contributed by atoms with van der Waals surface area (Å²) in [5, 5.41) is 0. The summed E-state index contributed by atoms with van der Waals surface area (Å²) in [5.41, 5.74) is 7.33. The highest BCUT2D eigenvalue weighted by atomic mass is 16.5. The molecule has 1 aliphatic heterocycles. The van der Waals surface area contributed by atoms with Gasteiger partial charge in [0.2, 0.25) is 5.91 Å². The number of nitrogens with two attached hydrogens (primary N) is 1. The van der Waals surface area contributed by atoms with Gasteiger partial charge >= 0.3 is 0 Å². The van der Waals surface area contributed by atoms with Crippen molar-refractivity contribution >= 4 is 5.91 Å². The Morgan fingerprint density at radius 2 is 2.15 bits per heavy atom. The normalized spacial score (nSPS) is 22.9. The smallest absolute Gasteiger partial charge is 0.225 e. The minimum atomic E-state index is 0.0197. The van der Waals surface area contributed by atoms with E-state index in [1.54, 1.807) is 7.11 Å². The number of rotatable bonds is 3. The number of methoxy groups -OCH3 is 1. The fraction of sp³-hybridized carbons (Fsp3) is 0.562. The number of carbonyl (C=O) groups is 1. The van der Waals surface area contributed by atoms with Crippen LogP contribution in [0.1, 0.15) is 31.7 Å². The first-order valence-corrected chi connectivity index (χ1v) is 7.19. The minimum Gasteiger partial charge on any atom is -0.497 e. The van der Waals surface area contributed by atoms with Crippen LogP contribution in [0.5, 0.6) is 5.75 Å². The zero-order valence-corrected chi connectivity index (χ0v) is 12.5. The number of likely N-dealkylation sites (tertiary alicyclic amines) is 1. The van der Waals surface area contributed by atoms with Crippen LogP contribution in [0, 0.1) is 5.92 Å². The summed E-state index contributed by atoms with van der Waals surface area (Å²) in [6.45, 7) is 5.28. The monoisotopic (exact) mass is 276 g/mol. The maximum absolute atomic E-state index is 12.2. The molecule has 0 aromatic heterocycles. The molecule has 2 N–H and O–H groups in total. The molecule has 1 fully saturated rings. The van der Waals surface area contributed by atoms with E-state index in [-0.39, 0.29) is 23.8 Å². The van der Waals surface area contributed by atoms with Crippen LogP contribution in [-0.2, 0) is 4.79 Å². The standard InChI is InChI=1S/C16H24N2O2/c1-11(2)16(19)18-9-13(7-14(17)10-18)12-5-4-6-15(8-12)20-3/h4-6,8,11,13-14H,7,9-10,17H2,1-3H3. The first kappa shape index (κ1) is 14.9. The molecule has 4 heteroatoms. The maximum Gasteiger partial charge on any atom is 0.225 e. The number of carbonyl (C=O) groups excluding carboxylic acids is 1. The molecule has 1 amide bonds. The van der Waals surface area contributed by atoms with E-state index in [9.17, 15) is 4.79 Å². The van der Waals surface area contributed by atoms with Crippen molar-refractivity contribution in [1.29, 1.82) is 0 Å². The fourth-order valence-electron chi connectivity index (χ4n) is 2.82. The number of hydrogen-bond donors (Lipinski definition) is 1. The average molecular weight is 276 g/mol. The predicted molar refractivity (Wildman–Crippen MR) is 79.7 cm³/mol. The van der Waals surface area contributed by atoms with Gasteiger partial charge < -0.3 is 15.4 Å². The number of piperidine rings is 1. The van der Waals surface area contributed by atoms with Gasteiger partial charge in [0.05, 0.1) is 7.11 Å². The quantitative estimate of drug-likeness (QED) is 0.918. The zero-order valence-electron chi connectivity index (χ0n) is 12.5. The summed E-state index contributed by atoms with van der Waals surface area (Å²) in [7, 11) is 1.67. The van der Waals surface area contributed by atoms with Gasteiger partial charge in [-0.25, -0.2) is 0 Å². The highest BCUT2D eigenvalue weighted by Gasteiger charge is 2.30. The number of hydrogen-bond acceptors (Lipinski definition) is 3. The molecular formula is C16H24N2O2. The Labute approximate surface area is 120 Å². The lowest BCUT2D eigenvalue weighted by Crippen LogP contribution is -2.49. The molecule has 4 nitrogen and oxygen atoms in total. The van der Waals surface area contributed by atoms with Crippen molar-refractivity contribution in [2.75, 3.05) is 20.2 Å². The van der Waals surface area contributed by atoms with E-state index in [0.717, 1.165) is 18.7 Å². The molecule has 0 spiro atoms. The van der Waals surface area contributed by atoms with Gasteiger partial charge in [0.25, 0.3) is 0 Å². The van der Waals surface area contributed by atoms with Crippen molar-refractivity contribution in [2.45, 2.75) is 32.2 Å². The van der Waals surface area contributed by atoms with E-state index in [4.69, 9.17) is 10.5 Å². The Bertz CT molecular complexity index is 473. The second-order valence-electron chi connectivity index (χ2n) is 5.87. The van der Waals surface area contributed by atoms with Gasteiger partial charge in [-0.2, -0.15) is 0 Å². The van der Waals surface area contributed by atoms with E-state index in [1.165, 1.54) is 5.56 Å². The third kappa shape index (κ3) is 3.31. The molecule has 20 heavy (non-hydrogen) atoms. The van der Waals surface area contributed by atoms with Gasteiger partial charge in [0.15, 0.2) is 0 Å². The lowest BCUT2D eigenvalue weighted by Gasteiger charge is -2.37. The molecule has 0 aliphatic carbocycles. The molecule has 0 bridgehead atoms. The lowest BCUT2D eigenvalue weighted by molar-refractivity contribution is -0.136. The van der Waals surface area contributed by atoms with E-state index in [2.05, 4.69) is 6.07 Å². The van der Waals surface area contributed by atoms with Crippen molar-refractivity contribution in [3.05, 3.63) is 29.8 Å². The SMILES string of the molecule is COc1cccc(C2CC(N)CN(C(=O)C(C)C)C2)c1. The Morgan fingerprint density at radius 3 is 2.80 bits per heavy atom. The highest BCUT2D eigenvalue weighted by Crippen LogP contribution is 2.29.